The Morgan fingerprint density at radius 3 is 2.82 bits per heavy atom. The fraction of sp³-hybridized carbons (Fsp3) is 0.538. The topological polar surface area (TPSA) is 12.5 Å². The highest BCUT2D eigenvalue weighted by Crippen LogP contribution is 2.22. The molecule has 0 radical (unpaired) electrons. The van der Waals surface area contributed by atoms with Gasteiger partial charge in [0.1, 0.15) is 5.82 Å². The van der Waals surface area contributed by atoms with Crippen LogP contribution in [0.25, 0.3) is 0 Å². The lowest BCUT2D eigenvalue weighted by molar-refractivity contribution is 0.0406. The van der Waals surface area contributed by atoms with Gasteiger partial charge in [0, 0.05) is 30.3 Å². The standard InChI is InChI=1S/C13H17BrFNO/c1-16(12-4-6-17-7-5-12)9-10-8-11(15)2-3-13(10)14/h2-3,8,12H,4-7,9H2,1H3. The summed E-state index contributed by atoms with van der Waals surface area (Å²) in [5.74, 6) is -0.177. The second-order valence-electron chi connectivity index (χ2n) is 4.49. The summed E-state index contributed by atoms with van der Waals surface area (Å²) in [7, 11) is 2.09. The molecule has 1 fully saturated rings. The van der Waals surface area contributed by atoms with Crippen molar-refractivity contribution in [3.8, 4) is 0 Å². The van der Waals surface area contributed by atoms with Crippen molar-refractivity contribution in [1.82, 2.24) is 4.90 Å². The zero-order valence-electron chi connectivity index (χ0n) is 9.96. The number of rotatable bonds is 3. The molecule has 0 N–H and O–H groups in total. The largest absolute Gasteiger partial charge is 0.381 e. The number of hydrogen-bond acceptors (Lipinski definition) is 2. The molecule has 0 aliphatic carbocycles. The third-order valence-electron chi connectivity index (χ3n) is 3.24. The number of halogens is 2. The van der Waals surface area contributed by atoms with Gasteiger partial charge in [0.25, 0.3) is 0 Å². The van der Waals surface area contributed by atoms with E-state index >= 15 is 0 Å². The molecule has 1 aromatic rings. The van der Waals surface area contributed by atoms with Crippen molar-refractivity contribution in [1.29, 1.82) is 0 Å². The molecule has 1 aliphatic heterocycles. The summed E-state index contributed by atoms with van der Waals surface area (Å²) in [5, 5.41) is 0. The minimum atomic E-state index is -0.177. The summed E-state index contributed by atoms with van der Waals surface area (Å²) in [6, 6.07) is 5.38. The average molecular weight is 302 g/mol. The quantitative estimate of drug-likeness (QED) is 0.850. The summed E-state index contributed by atoms with van der Waals surface area (Å²) < 4.78 is 19.5. The lowest BCUT2D eigenvalue weighted by Crippen LogP contribution is -2.36. The number of benzene rings is 1. The van der Waals surface area contributed by atoms with Crippen LogP contribution in [0, 0.1) is 5.82 Å². The Morgan fingerprint density at radius 1 is 1.41 bits per heavy atom. The van der Waals surface area contributed by atoms with Crippen molar-refractivity contribution in [2.45, 2.75) is 25.4 Å². The van der Waals surface area contributed by atoms with Crippen molar-refractivity contribution in [2.24, 2.45) is 0 Å². The fourth-order valence-corrected chi connectivity index (χ4v) is 2.56. The Bertz CT molecular complexity index is 380. The van der Waals surface area contributed by atoms with Gasteiger partial charge in [-0.3, -0.25) is 4.90 Å². The Hall–Kier alpha value is -0.450. The van der Waals surface area contributed by atoms with Crippen LogP contribution in [0.15, 0.2) is 22.7 Å². The minimum Gasteiger partial charge on any atom is -0.381 e. The van der Waals surface area contributed by atoms with Gasteiger partial charge in [-0.2, -0.15) is 0 Å². The fourth-order valence-electron chi connectivity index (χ4n) is 2.19. The highest BCUT2D eigenvalue weighted by molar-refractivity contribution is 9.10. The first-order chi connectivity index (χ1) is 8.16. The van der Waals surface area contributed by atoms with E-state index < -0.39 is 0 Å². The molecule has 1 heterocycles. The van der Waals surface area contributed by atoms with Gasteiger partial charge in [0.15, 0.2) is 0 Å². The second-order valence-corrected chi connectivity index (χ2v) is 5.35. The monoisotopic (exact) mass is 301 g/mol. The molecule has 0 aromatic heterocycles. The number of nitrogens with zero attached hydrogens (tertiary/aromatic N) is 1. The average Bonchev–Trinajstić information content (AvgIpc) is 2.35. The molecule has 2 nitrogen and oxygen atoms in total. The van der Waals surface area contributed by atoms with Crippen molar-refractivity contribution in [2.75, 3.05) is 20.3 Å². The van der Waals surface area contributed by atoms with Crippen LogP contribution < -0.4 is 0 Å². The molecule has 1 aromatic carbocycles. The smallest absolute Gasteiger partial charge is 0.123 e. The molecule has 4 heteroatoms. The van der Waals surface area contributed by atoms with Crippen molar-refractivity contribution in [3.63, 3.8) is 0 Å². The van der Waals surface area contributed by atoms with Crippen LogP contribution in [0.3, 0.4) is 0 Å². The van der Waals surface area contributed by atoms with Crippen LogP contribution in [0.4, 0.5) is 4.39 Å². The van der Waals surface area contributed by atoms with Crippen LogP contribution in [0.2, 0.25) is 0 Å². The summed E-state index contributed by atoms with van der Waals surface area (Å²) in [4.78, 5) is 2.28. The Labute approximate surface area is 110 Å². The normalized spacial score (nSPS) is 17.6. The molecule has 1 aliphatic rings. The van der Waals surface area contributed by atoms with Gasteiger partial charge in [0.2, 0.25) is 0 Å². The van der Waals surface area contributed by atoms with E-state index in [1.807, 2.05) is 0 Å². The van der Waals surface area contributed by atoms with E-state index in [1.54, 1.807) is 12.1 Å². The van der Waals surface area contributed by atoms with E-state index in [4.69, 9.17) is 4.74 Å². The molecule has 0 bridgehead atoms. The second kappa shape index (κ2) is 5.94. The predicted octanol–water partition coefficient (Wildman–Crippen LogP) is 3.20. The van der Waals surface area contributed by atoms with Gasteiger partial charge in [-0.05, 0) is 43.7 Å². The van der Waals surface area contributed by atoms with Gasteiger partial charge < -0.3 is 4.74 Å². The lowest BCUT2D eigenvalue weighted by Gasteiger charge is -2.31. The maximum Gasteiger partial charge on any atom is 0.123 e. The Kier molecular flexibility index (Phi) is 4.54. The van der Waals surface area contributed by atoms with Crippen molar-refractivity contribution in [3.05, 3.63) is 34.1 Å². The van der Waals surface area contributed by atoms with E-state index in [0.29, 0.717) is 6.04 Å². The highest BCUT2D eigenvalue weighted by atomic mass is 79.9. The summed E-state index contributed by atoms with van der Waals surface area (Å²) >= 11 is 3.46. The number of ether oxygens (including phenoxy) is 1. The molecule has 17 heavy (non-hydrogen) atoms. The molecule has 0 unspecified atom stereocenters. The summed E-state index contributed by atoms with van der Waals surface area (Å²) in [5.41, 5.74) is 0.999. The Morgan fingerprint density at radius 2 is 2.12 bits per heavy atom. The molecular formula is C13H17BrFNO. The first-order valence-electron chi connectivity index (χ1n) is 5.89. The molecule has 0 amide bonds. The maximum absolute atomic E-state index is 13.2. The zero-order valence-corrected chi connectivity index (χ0v) is 11.5. The summed E-state index contributed by atoms with van der Waals surface area (Å²) in [6.45, 7) is 2.43. The third kappa shape index (κ3) is 3.50. The summed E-state index contributed by atoms with van der Waals surface area (Å²) in [6.07, 6.45) is 2.12. The molecule has 0 spiro atoms. The predicted molar refractivity (Wildman–Crippen MR) is 69.4 cm³/mol. The molecular weight excluding hydrogens is 285 g/mol. The molecule has 0 saturated carbocycles. The van der Waals surface area contributed by atoms with Gasteiger partial charge in [-0.1, -0.05) is 15.9 Å². The van der Waals surface area contributed by atoms with Gasteiger partial charge in [-0.15, -0.1) is 0 Å². The van der Waals surface area contributed by atoms with Crippen LogP contribution in [0.1, 0.15) is 18.4 Å². The van der Waals surface area contributed by atoms with Crippen molar-refractivity contribution < 1.29 is 9.13 Å². The lowest BCUT2D eigenvalue weighted by atomic mass is 10.1. The van der Waals surface area contributed by atoms with Crippen LogP contribution in [0.5, 0.6) is 0 Å². The SMILES string of the molecule is CN(Cc1cc(F)ccc1Br)C1CCOCC1. The number of hydrogen-bond donors (Lipinski definition) is 0. The van der Waals surface area contributed by atoms with Crippen LogP contribution in [-0.4, -0.2) is 31.2 Å². The first-order valence-corrected chi connectivity index (χ1v) is 6.68. The van der Waals surface area contributed by atoms with Crippen LogP contribution in [-0.2, 0) is 11.3 Å². The maximum atomic E-state index is 13.2. The van der Waals surface area contributed by atoms with E-state index in [2.05, 4.69) is 27.9 Å². The van der Waals surface area contributed by atoms with E-state index in [0.717, 1.165) is 42.6 Å². The minimum absolute atomic E-state index is 0.177. The first kappa shape index (κ1) is 13.0. The van der Waals surface area contributed by atoms with Crippen LogP contribution >= 0.6 is 15.9 Å². The van der Waals surface area contributed by atoms with E-state index in [-0.39, 0.29) is 5.82 Å². The third-order valence-corrected chi connectivity index (χ3v) is 4.02. The molecule has 94 valence electrons. The molecule has 1 saturated heterocycles. The zero-order chi connectivity index (χ0) is 12.3. The van der Waals surface area contributed by atoms with E-state index in [9.17, 15) is 4.39 Å². The Balaban J connectivity index is 2.01. The van der Waals surface area contributed by atoms with E-state index in [1.165, 1.54) is 6.07 Å². The van der Waals surface area contributed by atoms with Gasteiger partial charge >= 0.3 is 0 Å². The van der Waals surface area contributed by atoms with Gasteiger partial charge in [-0.25, -0.2) is 4.39 Å². The molecule has 0 atom stereocenters. The van der Waals surface area contributed by atoms with Gasteiger partial charge in [0.05, 0.1) is 0 Å². The van der Waals surface area contributed by atoms with Crippen molar-refractivity contribution >= 4 is 15.9 Å². The molecule has 2 rings (SSSR count). The highest BCUT2D eigenvalue weighted by Gasteiger charge is 2.19.